The maximum atomic E-state index is 13.4. The van der Waals surface area contributed by atoms with Crippen molar-refractivity contribution in [1.29, 1.82) is 0 Å². The molecule has 1 saturated heterocycles. The molecule has 4 amide bonds. The fourth-order valence-electron chi connectivity index (χ4n) is 4.08. The van der Waals surface area contributed by atoms with Gasteiger partial charge >= 0.3 is 6.09 Å². The largest absolute Gasteiger partial charge is 0.444 e. The molecule has 1 N–H and O–H groups in total. The number of halogens is 1. The van der Waals surface area contributed by atoms with Gasteiger partial charge in [-0.1, -0.05) is 18.2 Å². The summed E-state index contributed by atoms with van der Waals surface area (Å²) in [6.45, 7) is 5.33. The topological polar surface area (TPSA) is 109 Å². The van der Waals surface area contributed by atoms with Crippen LogP contribution in [0.2, 0.25) is 0 Å². The molecule has 2 aromatic rings. The van der Waals surface area contributed by atoms with E-state index in [1.807, 2.05) is 0 Å². The number of carbonyl (C=O) groups excluding carboxylic acids is 4. The number of aromatic nitrogens is 1. The number of benzene rings is 1. The molecule has 0 bridgehead atoms. The minimum absolute atomic E-state index is 0.150. The van der Waals surface area contributed by atoms with Gasteiger partial charge in [0.25, 0.3) is 17.7 Å². The number of rotatable bonds is 3. The fourth-order valence-corrected chi connectivity index (χ4v) is 4.42. The van der Waals surface area contributed by atoms with Crippen LogP contribution < -0.4 is 5.32 Å². The summed E-state index contributed by atoms with van der Waals surface area (Å²) in [6, 6.07) is 9.55. The van der Waals surface area contributed by atoms with Gasteiger partial charge in [0, 0.05) is 6.54 Å². The summed E-state index contributed by atoms with van der Waals surface area (Å²) in [6.07, 6.45) is -0.446. The normalized spacial score (nSPS) is 20.1. The lowest BCUT2D eigenvalue weighted by Crippen LogP contribution is -2.55. The molecular formula is C23H23BrN4O5. The molecule has 3 heterocycles. The molecule has 9 nitrogen and oxygen atoms in total. The van der Waals surface area contributed by atoms with Crippen molar-refractivity contribution in [3.8, 4) is 0 Å². The van der Waals surface area contributed by atoms with Gasteiger partial charge in [0.1, 0.15) is 22.1 Å². The first kappa shape index (κ1) is 22.9. The molecule has 2 atom stereocenters. The van der Waals surface area contributed by atoms with E-state index in [2.05, 4.69) is 26.2 Å². The molecule has 1 fully saturated rings. The van der Waals surface area contributed by atoms with E-state index in [1.54, 1.807) is 63.2 Å². The van der Waals surface area contributed by atoms with E-state index in [9.17, 15) is 19.2 Å². The number of nitrogens with one attached hydrogen (secondary N) is 1. The molecular weight excluding hydrogens is 492 g/mol. The summed E-state index contributed by atoms with van der Waals surface area (Å²) < 4.78 is 6.01. The molecule has 10 heteroatoms. The second-order valence-corrected chi connectivity index (χ2v) is 9.65. The Balaban J connectivity index is 1.67. The van der Waals surface area contributed by atoms with Crippen LogP contribution >= 0.6 is 15.9 Å². The Labute approximate surface area is 199 Å². The minimum atomic E-state index is -1.14. The fraction of sp³-hybridized carbons (Fsp3) is 0.348. The molecule has 2 aliphatic rings. The first-order valence-corrected chi connectivity index (χ1v) is 11.3. The molecule has 0 saturated carbocycles. The first-order chi connectivity index (χ1) is 15.6. The highest BCUT2D eigenvalue weighted by Gasteiger charge is 2.51. The van der Waals surface area contributed by atoms with Crippen LogP contribution in [-0.4, -0.2) is 62.8 Å². The van der Waals surface area contributed by atoms with E-state index < -0.39 is 41.5 Å². The van der Waals surface area contributed by atoms with Crippen molar-refractivity contribution in [3.63, 3.8) is 0 Å². The third-order valence-corrected chi connectivity index (χ3v) is 5.83. The predicted molar refractivity (Wildman–Crippen MR) is 123 cm³/mol. The molecule has 0 radical (unpaired) electrons. The Morgan fingerprint density at radius 3 is 2.27 bits per heavy atom. The number of hydrogen-bond acceptors (Lipinski definition) is 6. The first-order valence-electron chi connectivity index (χ1n) is 10.5. The highest BCUT2D eigenvalue weighted by atomic mass is 79.9. The Hall–Kier alpha value is -3.27. The second-order valence-electron chi connectivity index (χ2n) is 8.84. The van der Waals surface area contributed by atoms with Crippen molar-refractivity contribution in [3.05, 3.63) is 58.2 Å². The van der Waals surface area contributed by atoms with E-state index in [1.165, 1.54) is 4.90 Å². The van der Waals surface area contributed by atoms with Crippen molar-refractivity contribution in [1.82, 2.24) is 14.8 Å². The van der Waals surface area contributed by atoms with Crippen molar-refractivity contribution in [2.45, 2.75) is 44.9 Å². The van der Waals surface area contributed by atoms with Crippen LogP contribution in [0.1, 0.15) is 47.9 Å². The molecule has 0 aliphatic carbocycles. The van der Waals surface area contributed by atoms with E-state index in [4.69, 9.17) is 4.74 Å². The average Bonchev–Trinajstić information content (AvgIpc) is 3.27. The Morgan fingerprint density at radius 2 is 1.70 bits per heavy atom. The van der Waals surface area contributed by atoms with Crippen LogP contribution in [-0.2, 0) is 9.53 Å². The number of fused-ring (bicyclic) bond motifs is 1. The van der Waals surface area contributed by atoms with Crippen LogP contribution in [0.5, 0.6) is 0 Å². The van der Waals surface area contributed by atoms with Crippen LogP contribution in [0.25, 0.3) is 0 Å². The summed E-state index contributed by atoms with van der Waals surface area (Å²) in [5, 5.41) is 2.70. The van der Waals surface area contributed by atoms with E-state index >= 15 is 0 Å². The van der Waals surface area contributed by atoms with Gasteiger partial charge in [-0.15, -0.1) is 0 Å². The molecule has 4 rings (SSSR count). The van der Waals surface area contributed by atoms with Gasteiger partial charge in [-0.2, -0.15) is 0 Å². The summed E-state index contributed by atoms with van der Waals surface area (Å²) in [5.74, 6) is -1.26. The lowest BCUT2D eigenvalue weighted by Gasteiger charge is -2.32. The third-order valence-electron chi connectivity index (χ3n) is 5.39. The SMILES string of the molecule is CC(C)(C)OC(=O)N1CC[C@@H](N2C(=O)c3ccccc3C2=O)[C@H]1C(=O)Nc1cccc(Br)n1. The number of pyridine rings is 1. The van der Waals surface area contributed by atoms with Crippen LogP contribution in [0.4, 0.5) is 10.6 Å². The van der Waals surface area contributed by atoms with Gasteiger partial charge in [-0.05, 0) is 67.4 Å². The Bertz CT molecular complexity index is 1110. The molecule has 1 aromatic carbocycles. The minimum Gasteiger partial charge on any atom is -0.444 e. The number of ether oxygens (including phenoxy) is 1. The van der Waals surface area contributed by atoms with Crippen LogP contribution in [0.15, 0.2) is 47.1 Å². The molecule has 0 spiro atoms. The smallest absolute Gasteiger partial charge is 0.411 e. The number of amides is 4. The van der Waals surface area contributed by atoms with Gasteiger partial charge in [0.05, 0.1) is 17.2 Å². The van der Waals surface area contributed by atoms with Crippen molar-refractivity contribution in [2.24, 2.45) is 0 Å². The molecule has 1 aromatic heterocycles. The summed E-state index contributed by atoms with van der Waals surface area (Å²) in [4.78, 5) is 59.1. The van der Waals surface area contributed by atoms with Crippen LogP contribution in [0.3, 0.4) is 0 Å². The number of hydrogen-bond donors (Lipinski definition) is 1. The van der Waals surface area contributed by atoms with Crippen molar-refractivity contribution < 1.29 is 23.9 Å². The van der Waals surface area contributed by atoms with Crippen molar-refractivity contribution >= 4 is 45.6 Å². The lowest BCUT2D eigenvalue weighted by atomic mass is 10.1. The quantitative estimate of drug-likeness (QED) is 0.496. The summed E-state index contributed by atoms with van der Waals surface area (Å²) in [7, 11) is 0. The second kappa shape index (κ2) is 8.58. The molecule has 0 unspecified atom stereocenters. The lowest BCUT2D eigenvalue weighted by molar-refractivity contribution is -0.121. The zero-order chi connectivity index (χ0) is 23.9. The average molecular weight is 515 g/mol. The Kier molecular flexibility index (Phi) is 5.96. The molecule has 172 valence electrons. The zero-order valence-electron chi connectivity index (χ0n) is 18.4. The maximum absolute atomic E-state index is 13.4. The van der Waals surface area contributed by atoms with E-state index in [-0.39, 0.29) is 29.9 Å². The highest BCUT2D eigenvalue weighted by molar-refractivity contribution is 9.10. The van der Waals surface area contributed by atoms with E-state index in [0.29, 0.717) is 4.60 Å². The standard InChI is InChI=1S/C23H23BrN4O5/c1-23(2,3)33-22(32)27-12-11-15(18(27)19(29)26-17-10-6-9-16(24)25-17)28-20(30)13-7-4-5-8-14(13)21(28)31/h4-10,15,18H,11-12H2,1-3H3,(H,25,26,29)/t15-,18+/m1/s1. The number of nitrogens with zero attached hydrogens (tertiary/aromatic N) is 3. The number of anilines is 1. The predicted octanol–water partition coefficient (Wildman–Crippen LogP) is 3.46. The third kappa shape index (κ3) is 4.47. The zero-order valence-corrected chi connectivity index (χ0v) is 20.0. The van der Waals surface area contributed by atoms with Gasteiger partial charge in [-0.3, -0.25) is 24.2 Å². The van der Waals surface area contributed by atoms with Crippen LogP contribution in [0, 0.1) is 0 Å². The maximum Gasteiger partial charge on any atom is 0.411 e. The summed E-state index contributed by atoms with van der Waals surface area (Å²) >= 11 is 3.26. The van der Waals surface area contributed by atoms with Gasteiger partial charge in [0.2, 0.25) is 0 Å². The van der Waals surface area contributed by atoms with Gasteiger partial charge in [-0.25, -0.2) is 9.78 Å². The monoisotopic (exact) mass is 514 g/mol. The van der Waals surface area contributed by atoms with Gasteiger partial charge < -0.3 is 10.1 Å². The number of carbonyl (C=O) groups is 4. The van der Waals surface area contributed by atoms with Gasteiger partial charge in [0.15, 0.2) is 0 Å². The van der Waals surface area contributed by atoms with Crippen molar-refractivity contribution in [2.75, 3.05) is 11.9 Å². The summed E-state index contributed by atoms with van der Waals surface area (Å²) in [5.41, 5.74) is -0.213. The Morgan fingerprint density at radius 1 is 1.06 bits per heavy atom. The molecule has 33 heavy (non-hydrogen) atoms. The highest BCUT2D eigenvalue weighted by Crippen LogP contribution is 2.33. The number of imide groups is 1. The number of likely N-dealkylation sites (tertiary alicyclic amines) is 1. The molecule has 2 aliphatic heterocycles. The van der Waals surface area contributed by atoms with E-state index in [0.717, 1.165) is 4.90 Å².